The molecule has 1 aliphatic carbocycles. The van der Waals surface area contributed by atoms with Crippen LogP contribution < -0.4 is 15.4 Å². The largest absolute Gasteiger partial charge is 0.397 e. The molecular weight excluding hydrogens is 286 g/mol. The van der Waals surface area contributed by atoms with Gasteiger partial charge in [0.25, 0.3) is 0 Å². The van der Waals surface area contributed by atoms with E-state index < -0.39 is 10.0 Å². The van der Waals surface area contributed by atoms with Crippen molar-refractivity contribution in [3.05, 3.63) is 18.2 Å². The smallest absolute Gasteiger partial charge is 0.240 e. The van der Waals surface area contributed by atoms with E-state index in [4.69, 9.17) is 5.73 Å². The van der Waals surface area contributed by atoms with Crippen molar-refractivity contribution in [1.29, 1.82) is 0 Å². The third-order valence-corrected chi connectivity index (χ3v) is 5.94. The molecule has 2 rings (SSSR count). The van der Waals surface area contributed by atoms with Crippen LogP contribution in [0.15, 0.2) is 23.1 Å². The monoisotopic (exact) mass is 311 g/mol. The number of nitrogens with zero attached hydrogens (tertiary/aromatic N) is 1. The molecule has 1 aromatic rings. The van der Waals surface area contributed by atoms with Gasteiger partial charge in [-0.2, -0.15) is 0 Å². The Morgan fingerprint density at radius 3 is 2.57 bits per heavy atom. The van der Waals surface area contributed by atoms with Gasteiger partial charge in [-0.25, -0.2) is 13.1 Å². The highest BCUT2D eigenvalue weighted by atomic mass is 32.2. The lowest BCUT2D eigenvalue weighted by molar-refractivity contribution is 0.322. The van der Waals surface area contributed by atoms with E-state index in [-0.39, 0.29) is 4.90 Å². The fourth-order valence-electron chi connectivity index (χ4n) is 3.16. The molecule has 2 unspecified atom stereocenters. The highest BCUT2D eigenvalue weighted by molar-refractivity contribution is 7.89. The molecule has 0 heterocycles. The van der Waals surface area contributed by atoms with E-state index in [1.807, 2.05) is 7.05 Å². The average Bonchev–Trinajstić information content (AvgIpc) is 2.47. The molecular formula is C15H25N3O2S. The Morgan fingerprint density at radius 1 is 1.29 bits per heavy atom. The van der Waals surface area contributed by atoms with Crippen LogP contribution in [0.25, 0.3) is 0 Å². The van der Waals surface area contributed by atoms with Crippen LogP contribution in [0.1, 0.15) is 32.6 Å². The van der Waals surface area contributed by atoms with Crippen molar-refractivity contribution in [2.45, 2.75) is 43.5 Å². The van der Waals surface area contributed by atoms with Crippen LogP contribution >= 0.6 is 0 Å². The van der Waals surface area contributed by atoms with Crippen LogP contribution in [-0.2, 0) is 10.0 Å². The van der Waals surface area contributed by atoms with Crippen LogP contribution in [0.5, 0.6) is 0 Å². The summed E-state index contributed by atoms with van der Waals surface area (Å²) in [7, 11) is -0.0246. The zero-order chi connectivity index (χ0) is 15.6. The zero-order valence-corrected chi connectivity index (χ0v) is 13.8. The number of nitrogens with one attached hydrogen (secondary N) is 1. The second kappa shape index (κ2) is 6.23. The molecule has 1 saturated carbocycles. The number of rotatable bonds is 4. The van der Waals surface area contributed by atoms with Crippen LogP contribution in [0, 0.1) is 5.92 Å². The van der Waals surface area contributed by atoms with Gasteiger partial charge in [0, 0.05) is 13.1 Å². The minimum absolute atomic E-state index is 0.254. The van der Waals surface area contributed by atoms with E-state index >= 15 is 0 Å². The molecule has 0 bridgehead atoms. The van der Waals surface area contributed by atoms with Gasteiger partial charge in [0.1, 0.15) is 0 Å². The van der Waals surface area contributed by atoms with Gasteiger partial charge < -0.3 is 10.6 Å². The van der Waals surface area contributed by atoms with Crippen molar-refractivity contribution in [3.8, 4) is 0 Å². The molecule has 0 spiro atoms. The van der Waals surface area contributed by atoms with Gasteiger partial charge in [0.05, 0.1) is 16.3 Å². The van der Waals surface area contributed by atoms with Gasteiger partial charge in [-0.15, -0.1) is 0 Å². The number of anilines is 2. The Bertz CT molecular complexity index is 601. The standard InChI is InChI=1S/C15H25N3O2S/c1-11-6-4-5-7-14(11)18(3)15-10-12(8-9-13(15)16)21(19,20)17-2/h8-11,14,17H,4-7,16H2,1-3H3. The minimum atomic E-state index is -3.45. The summed E-state index contributed by atoms with van der Waals surface area (Å²) in [5.41, 5.74) is 7.48. The van der Waals surface area contributed by atoms with Crippen LogP contribution in [0.4, 0.5) is 11.4 Å². The Morgan fingerprint density at radius 2 is 1.95 bits per heavy atom. The first-order chi connectivity index (χ1) is 9.86. The highest BCUT2D eigenvalue weighted by Gasteiger charge is 2.26. The first-order valence-electron chi connectivity index (χ1n) is 7.42. The van der Waals surface area contributed by atoms with Gasteiger partial charge in [0.2, 0.25) is 10.0 Å². The normalized spacial score (nSPS) is 23.0. The van der Waals surface area contributed by atoms with E-state index in [1.54, 1.807) is 18.2 Å². The molecule has 0 amide bonds. The fourth-order valence-corrected chi connectivity index (χ4v) is 3.91. The molecule has 5 nitrogen and oxygen atoms in total. The van der Waals surface area contributed by atoms with E-state index in [0.717, 1.165) is 12.1 Å². The van der Waals surface area contributed by atoms with Crippen LogP contribution in [0.3, 0.4) is 0 Å². The second-order valence-corrected chi connectivity index (χ2v) is 7.75. The summed E-state index contributed by atoms with van der Waals surface area (Å²) in [6.07, 6.45) is 4.83. The number of hydrogen-bond acceptors (Lipinski definition) is 4. The summed E-state index contributed by atoms with van der Waals surface area (Å²) in [5, 5.41) is 0. The predicted molar refractivity (Wildman–Crippen MR) is 86.9 cm³/mol. The van der Waals surface area contributed by atoms with Crippen LogP contribution in [-0.4, -0.2) is 28.6 Å². The molecule has 0 saturated heterocycles. The number of hydrogen-bond donors (Lipinski definition) is 2. The fraction of sp³-hybridized carbons (Fsp3) is 0.600. The summed E-state index contributed by atoms with van der Waals surface area (Å²) in [6, 6.07) is 5.29. The zero-order valence-electron chi connectivity index (χ0n) is 13.0. The molecule has 0 aromatic heterocycles. The third-order valence-electron chi connectivity index (χ3n) is 4.52. The van der Waals surface area contributed by atoms with Gasteiger partial charge in [-0.05, 0) is 44.0 Å². The molecule has 0 aliphatic heterocycles. The molecule has 2 atom stereocenters. The van der Waals surface area contributed by atoms with E-state index in [0.29, 0.717) is 17.6 Å². The first kappa shape index (κ1) is 16.1. The summed E-state index contributed by atoms with van der Waals surface area (Å²) < 4.78 is 26.3. The maximum Gasteiger partial charge on any atom is 0.240 e. The van der Waals surface area contributed by atoms with Crippen molar-refractivity contribution in [2.75, 3.05) is 24.7 Å². The van der Waals surface area contributed by atoms with E-state index in [2.05, 4.69) is 16.5 Å². The average molecular weight is 311 g/mol. The topological polar surface area (TPSA) is 75.4 Å². The number of nitrogens with two attached hydrogens (primary N) is 1. The number of sulfonamides is 1. The SMILES string of the molecule is CNS(=O)(=O)c1ccc(N)c(N(C)C2CCCCC2C)c1. The summed E-state index contributed by atoms with van der Waals surface area (Å²) in [6.45, 7) is 2.25. The molecule has 1 aromatic carbocycles. The molecule has 6 heteroatoms. The van der Waals surface area contributed by atoms with E-state index in [9.17, 15) is 8.42 Å². The van der Waals surface area contributed by atoms with Gasteiger partial charge in [-0.3, -0.25) is 0 Å². The first-order valence-corrected chi connectivity index (χ1v) is 8.91. The molecule has 1 fully saturated rings. The minimum Gasteiger partial charge on any atom is -0.397 e. The van der Waals surface area contributed by atoms with Crippen molar-refractivity contribution >= 4 is 21.4 Å². The maximum atomic E-state index is 12.0. The Labute approximate surface area is 127 Å². The Kier molecular flexibility index (Phi) is 4.78. The second-order valence-electron chi connectivity index (χ2n) is 5.87. The van der Waals surface area contributed by atoms with Crippen molar-refractivity contribution < 1.29 is 8.42 Å². The van der Waals surface area contributed by atoms with Crippen molar-refractivity contribution in [3.63, 3.8) is 0 Å². The molecule has 0 radical (unpaired) electrons. The maximum absolute atomic E-state index is 12.0. The third kappa shape index (κ3) is 3.32. The summed E-state index contributed by atoms with van der Waals surface area (Å²) in [4.78, 5) is 2.40. The van der Waals surface area contributed by atoms with Gasteiger partial charge >= 0.3 is 0 Å². The quantitative estimate of drug-likeness (QED) is 0.836. The van der Waals surface area contributed by atoms with Crippen LogP contribution in [0.2, 0.25) is 0 Å². The lowest BCUT2D eigenvalue weighted by atomic mass is 9.85. The Balaban J connectivity index is 2.36. The van der Waals surface area contributed by atoms with E-state index in [1.165, 1.54) is 26.3 Å². The van der Waals surface area contributed by atoms with Gasteiger partial charge in [0.15, 0.2) is 0 Å². The summed E-state index contributed by atoms with van der Waals surface area (Å²) >= 11 is 0. The Hall–Kier alpha value is -1.27. The van der Waals surface area contributed by atoms with Gasteiger partial charge in [-0.1, -0.05) is 19.8 Å². The van der Waals surface area contributed by atoms with Crippen molar-refractivity contribution in [1.82, 2.24) is 4.72 Å². The summed E-state index contributed by atoms with van der Waals surface area (Å²) in [5.74, 6) is 0.590. The van der Waals surface area contributed by atoms with Crippen molar-refractivity contribution in [2.24, 2.45) is 5.92 Å². The number of nitrogen functional groups attached to an aromatic ring is 1. The number of benzene rings is 1. The predicted octanol–water partition coefficient (Wildman–Crippen LogP) is 2.19. The highest BCUT2D eigenvalue weighted by Crippen LogP contribution is 2.34. The molecule has 1 aliphatic rings. The molecule has 21 heavy (non-hydrogen) atoms. The lowest BCUT2D eigenvalue weighted by Crippen LogP contribution is -2.39. The molecule has 3 N–H and O–H groups in total. The molecule has 118 valence electrons. The lowest BCUT2D eigenvalue weighted by Gasteiger charge is -2.38.